The number of carboxylic acid groups (broad SMARTS) is 1. The van der Waals surface area contributed by atoms with Gasteiger partial charge in [-0.15, -0.1) is 0 Å². The number of imidazole rings is 1. The number of carboxylic acids is 1. The van der Waals surface area contributed by atoms with Gasteiger partial charge in [0.25, 0.3) is 0 Å². The average Bonchev–Trinajstić information content (AvgIpc) is 3.61. The van der Waals surface area contributed by atoms with Crippen LogP contribution in [-0.2, 0) is 17.9 Å². The van der Waals surface area contributed by atoms with E-state index in [1.165, 1.54) is 36.4 Å². The molecular weight excluding hydrogens is 568 g/mol. The lowest BCUT2D eigenvalue weighted by atomic mass is 10.1. The van der Waals surface area contributed by atoms with Crippen molar-refractivity contribution in [3.05, 3.63) is 101 Å². The van der Waals surface area contributed by atoms with E-state index >= 15 is 4.39 Å². The van der Waals surface area contributed by atoms with Crippen molar-refractivity contribution >= 4 is 28.6 Å². The number of rotatable bonds is 9. The zero-order chi connectivity index (χ0) is 29.2. The van der Waals surface area contributed by atoms with Crippen molar-refractivity contribution in [3.8, 4) is 28.9 Å². The number of ether oxygens (including phenoxy) is 3. The van der Waals surface area contributed by atoms with Gasteiger partial charge in [0.2, 0.25) is 5.88 Å². The van der Waals surface area contributed by atoms with E-state index in [1.807, 2.05) is 0 Å². The third-order valence-electron chi connectivity index (χ3n) is 6.91. The number of nitrogens with zero attached hydrogens (tertiary/aromatic N) is 3. The average molecular weight is 592 g/mol. The molecule has 11 heteroatoms. The number of hydrogen-bond acceptors (Lipinski definition) is 6. The summed E-state index contributed by atoms with van der Waals surface area (Å²) in [5.41, 5.74) is 2.42. The van der Waals surface area contributed by atoms with Crippen LogP contribution in [0.4, 0.5) is 8.78 Å². The fraction of sp³-hybridized carbons (Fsp3) is 0.194. The van der Waals surface area contributed by atoms with E-state index in [1.54, 1.807) is 41.0 Å². The summed E-state index contributed by atoms with van der Waals surface area (Å²) < 4.78 is 48.5. The van der Waals surface area contributed by atoms with Crippen molar-refractivity contribution in [3.63, 3.8) is 0 Å². The highest BCUT2D eigenvalue weighted by atomic mass is 35.5. The molecule has 6 rings (SSSR count). The Balaban J connectivity index is 1.24. The van der Waals surface area contributed by atoms with Gasteiger partial charge in [-0.1, -0.05) is 23.7 Å². The van der Waals surface area contributed by atoms with Crippen molar-refractivity contribution < 1.29 is 32.9 Å². The summed E-state index contributed by atoms with van der Waals surface area (Å²) in [5, 5.41) is 9.76. The zero-order valence-corrected chi connectivity index (χ0v) is 22.9. The fourth-order valence-corrected chi connectivity index (χ4v) is 4.93. The Morgan fingerprint density at radius 2 is 1.93 bits per heavy atom. The van der Waals surface area contributed by atoms with E-state index in [-0.39, 0.29) is 35.9 Å². The standard InChI is InChI=1S/C31H24ClF2N3O5/c32-21-9-6-20(23(33)15-21)17-41-29-5-1-4-25(35-29)18-8-11-28(24(34)13-18)42-31-36-26-10-7-19(30(38)39)14-27(26)37(31)16-22-3-2-12-40-22/h1,4-11,13-15,22H,2-3,12,16-17H2,(H,38,39)/t22-/m0/s1. The normalized spacial score (nSPS) is 14.8. The molecule has 1 saturated heterocycles. The van der Waals surface area contributed by atoms with E-state index in [0.29, 0.717) is 46.0 Å². The van der Waals surface area contributed by atoms with E-state index in [2.05, 4.69) is 9.97 Å². The van der Waals surface area contributed by atoms with Crippen molar-refractivity contribution in [2.45, 2.75) is 32.1 Å². The van der Waals surface area contributed by atoms with E-state index in [9.17, 15) is 14.3 Å². The van der Waals surface area contributed by atoms with Gasteiger partial charge in [0.05, 0.1) is 34.9 Å². The number of carbonyl (C=O) groups is 1. The highest BCUT2D eigenvalue weighted by Gasteiger charge is 2.22. The highest BCUT2D eigenvalue weighted by molar-refractivity contribution is 6.30. The molecule has 1 N–H and O–H groups in total. The van der Waals surface area contributed by atoms with Gasteiger partial charge in [-0.3, -0.25) is 4.57 Å². The fourth-order valence-electron chi connectivity index (χ4n) is 4.77. The van der Waals surface area contributed by atoms with Crippen LogP contribution in [0.2, 0.25) is 5.02 Å². The molecule has 0 radical (unpaired) electrons. The van der Waals surface area contributed by atoms with E-state index in [0.717, 1.165) is 12.8 Å². The van der Waals surface area contributed by atoms with Gasteiger partial charge in [0.15, 0.2) is 11.6 Å². The number of fused-ring (bicyclic) bond motifs is 1. The Labute approximate surface area is 244 Å². The van der Waals surface area contributed by atoms with Crippen LogP contribution in [0.3, 0.4) is 0 Å². The summed E-state index contributed by atoms with van der Waals surface area (Å²) in [6.07, 6.45) is 1.66. The molecule has 2 aromatic heterocycles. The molecule has 3 heterocycles. The van der Waals surface area contributed by atoms with Gasteiger partial charge in [-0.05, 0) is 67.4 Å². The second-order valence-corrected chi connectivity index (χ2v) is 10.2. The molecule has 0 amide bonds. The summed E-state index contributed by atoms with van der Waals surface area (Å²) >= 11 is 5.81. The Bertz CT molecular complexity index is 1790. The van der Waals surface area contributed by atoms with Gasteiger partial charge >= 0.3 is 12.0 Å². The first-order chi connectivity index (χ1) is 20.3. The summed E-state index contributed by atoms with van der Waals surface area (Å²) in [7, 11) is 0. The molecule has 1 aliphatic heterocycles. The first kappa shape index (κ1) is 27.6. The molecule has 0 spiro atoms. The molecule has 8 nitrogen and oxygen atoms in total. The van der Waals surface area contributed by atoms with E-state index in [4.69, 9.17) is 25.8 Å². The Hall–Kier alpha value is -4.54. The van der Waals surface area contributed by atoms with Crippen LogP contribution in [0.15, 0.2) is 72.8 Å². The van der Waals surface area contributed by atoms with Crippen molar-refractivity contribution in [2.24, 2.45) is 0 Å². The summed E-state index contributed by atoms with van der Waals surface area (Å²) in [5.74, 6) is -2.02. The highest BCUT2D eigenvalue weighted by Crippen LogP contribution is 2.32. The van der Waals surface area contributed by atoms with Crippen LogP contribution in [0.1, 0.15) is 28.8 Å². The lowest BCUT2D eigenvalue weighted by Crippen LogP contribution is -2.15. The van der Waals surface area contributed by atoms with Crippen molar-refractivity contribution in [1.29, 1.82) is 0 Å². The molecule has 42 heavy (non-hydrogen) atoms. The predicted octanol–water partition coefficient (Wildman–Crippen LogP) is 7.28. The summed E-state index contributed by atoms with van der Waals surface area (Å²) in [4.78, 5) is 20.5. The molecular formula is C31H24ClF2N3O5. The van der Waals surface area contributed by atoms with E-state index < -0.39 is 17.6 Å². The lowest BCUT2D eigenvalue weighted by Gasteiger charge is -2.15. The second-order valence-electron chi connectivity index (χ2n) is 9.78. The molecule has 1 aliphatic rings. The second kappa shape index (κ2) is 11.8. The minimum absolute atomic E-state index is 0.0541. The monoisotopic (exact) mass is 591 g/mol. The molecule has 1 fully saturated rings. The lowest BCUT2D eigenvalue weighted by molar-refractivity contribution is 0.0697. The van der Waals surface area contributed by atoms with Crippen molar-refractivity contribution in [1.82, 2.24) is 14.5 Å². The molecule has 0 aliphatic carbocycles. The summed E-state index contributed by atoms with van der Waals surface area (Å²) in [6, 6.07) is 18.5. The number of halogens is 3. The smallest absolute Gasteiger partial charge is 0.335 e. The topological polar surface area (TPSA) is 95.7 Å². The molecule has 0 saturated carbocycles. The Kier molecular flexibility index (Phi) is 7.73. The maximum atomic E-state index is 15.4. The SMILES string of the molecule is O=C(O)c1ccc2nc(Oc3ccc(-c4cccc(OCc5ccc(Cl)cc5F)n4)cc3F)n(C[C@@H]3CCCO3)c2c1. The van der Waals surface area contributed by atoms with Crippen LogP contribution >= 0.6 is 11.6 Å². The largest absolute Gasteiger partial charge is 0.478 e. The quantitative estimate of drug-likeness (QED) is 0.192. The predicted molar refractivity (Wildman–Crippen MR) is 151 cm³/mol. The van der Waals surface area contributed by atoms with Crippen LogP contribution < -0.4 is 9.47 Å². The summed E-state index contributed by atoms with van der Waals surface area (Å²) in [6.45, 7) is 0.967. The first-order valence-corrected chi connectivity index (χ1v) is 13.6. The Morgan fingerprint density at radius 1 is 1.05 bits per heavy atom. The minimum Gasteiger partial charge on any atom is -0.478 e. The first-order valence-electron chi connectivity index (χ1n) is 13.2. The Morgan fingerprint density at radius 3 is 2.69 bits per heavy atom. The number of benzene rings is 3. The van der Waals surface area contributed by atoms with Gasteiger partial charge in [-0.25, -0.2) is 18.6 Å². The molecule has 1 atom stereocenters. The maximum Gasteiger partial charge on any atom is 0.335 e. The van der Waals surface area contributed by atoms with Gasteiger partial charge in [-0.2, -0.15) is 4.98 Å². The molecule has 0 bridgehead atoms. The third-order valence-corrected chi connectivity index (χ3v) is 7.15. The van der Waals surface area contributed by atoms with Crippen LogP contribution in [-0.4, -0.2) is 38.3 Å². The van der Waals surface area contributed by atoms with Crippen LogP contribution in [0.25, 0.3) is 22.3 Å². The third kappa shape index (κ3) is 5.90. The van der Waals surface area contributed by atoms with Gasteiger partial charge in [0, 0.05) is 28.8 Å². The molecule has 0 unspecified atom stereocenters. The number of aromatic carboxylic acids is 1. The number of pyridine rings is 1. The molecule has 3 aromatic carbocycles. The number of hydrogen-bond donors (Lipinski definition) is 1. The van der Waals surface area contributed by atoms with Crippen LogP contribution in [0, 0.1) is 11.6 Å². The van der Waals surface area contributed by atoms with Crippen LogP contribution in [0.5, 0.6) is 17.6 Å². The van der Waals surface area contributed by atoms with Gasteiger partial charge in [0.1, 0.15) is 12.4 Å². The van der Waals surface area contributed by atoms with Gasteiger partial charge < -0.3 is 19.3 Å². The molecule has 214 valence electrons. The van der Waals surface area contributed by atoms with Crippen molar-refractivity contribution in [2.75, 3.05) is 6.61 Å². The maximum absolute atomic E-state index is 15.4. The minimum atomic E-state index is -1.06. The molecule has 5 aromatic rings. The zero-order valence-electron chi connectivity index (χ0n) is 22.1. The number of aromatic nitrogens is 3.